The standard InChI is InChI=1S/C18H22N2O2/c1-22-17-8-2-5-15(13-17)9-10-18(21)20-12-4-7-16-6-3-11-19-14-16/h2-3,5-6,8,11,13-14H,4,7,9-10,12H2,1H3,(H,20,21). The van der Waals surface area contributed by atoms with Gasteiger partial charge in [-0.05, 0) is 48.6 Å². The van der Waals surface area contributed by atoms with Crippen molar-refractivity contribution in [1.29, 1.82) is 0 Å². The zero-order valence-corrected chi connectivity index (χ0v) is 12.9. The third-order valence-corrected chi connectivity index (χ3v) is 3.46. The van der Waals surface area contributed by atoms with E-state index in [1.165, 1.54) is 5.56 Å². The second-order valence-electron chi connectivity index (χ2n) is 5.17. The maximum absolute atomic E-state index is 11.8. The quantitative estimate of drug-likeness (QED) is 0.762. The second-order valence-corrected chi connectivity index (χ2v) is 5.17. The first kappa shape index (κ1) is 16.0. The van der Waals surface area contributed by atoms with Crippen LogP contribution in [0.4, 0.5) is 0 Å². The van der Waals surface area contributed by atoms with Crippen molar-refractivity contribution >= 4 is 5.91 Å². The zero-order chi connectivity index (χ0) is 15.6. The van der Waals surface area contributed by atoms with E-state index >= 15 is 0 Å². The van der Waals surface area contributed by atoms with Gasteiger partial charge in [-0.25, -0.2) is 0 Å². The first-order valence-corrected chi connectivity index (χ1v) is 7.56. The Morgan fingerprint density at radius 1 is 1.18 bits per heavy atom. The van der Waals surface area contributed by atoms with Crippen LogP contribution in [0.1, 0.15) is 24.0 Å². The molecular weight excluding hydrogens is 276 g/mol. The fraction of sp³-hybridized carbons (Fsp3) is 0.333. The molecule has 0 spiro atoms. The molecule has 1 N–H and O–H groups in total. The van der Waals surface area contributed by atoms with Gasteiger partial charge in [0, 0.05) is 25.4 Å². The highest BCUT2D eigenvalue weighted by Gasteiger charge is 2.03. The lowest BCUT2D eigenvalue weighted by Crippen LogP contribution is -2.24. The number of nitrogens with zero attached hydrogens (tertiary/aromatic N) is 1. The summed E-state index contributed by atoms with van der Waals surface area (Å²) in [5, 5.41) is 2.96. The Hall–Kier alpha value is -2.36. The van der Waals surface area contributed by atoms with E-state index in [1.807, 2.05) is 36.5 Å². The monoisotopic (exact) mass is 298 g/mol. The summed E-state index contributed by atoms with van der Waals surface area (Å²) < 4.78 is 5.18. The molecule has 4 heteroatoms. The van der Waals surface area contributed by atoms with Crippen LogP contribution in [0.15, 0.2) is 48.8 Å². The summed E-state index contributed by atoms with van der Waals surface area (Å²) in [6.45, 7) is 0.700. The number of aryl methyl sites for hydroxylation is 2. The third-order valence-electron chi connectivity index (χ3n) is 3.46. The minimum atomic E-state index is 0.0917. The Bertz CT molecular complexity index is 585. The van der Waals surface area contributed by atoms with Crippen LogP contribution in [-0.2, 0) is 17.6 Å². The highest BCUT2D eigenvalue weighted by molar-refractivity contribution is 5.76. The fourth-order valence-corrected chi connectivity index (χ4v) is 2.24. The van der Waals surface area contributed by atoms with Gasteiger partial charge in [0.1, 0.15) is 5.75 Å². The molecule has 1 heterocycles. The Kier molecular flexibility index (Phi) is 6.42. The van der Waals surface area contributed by atoms with Crippen LogP contribution < -0.4 is 10.1 Å². The number of aromatic nitrogens is 1. The lowest BCUT2D eigenvalue weighted by Gasteiger charge is -2.06. The number of ether oxygens (including phenoxy) is 1. The SMILES string of the molecule is COc1cccc(CCC(=O)NCCCc2cccnc2)c1. The largest absolute Gasteiger partial charge is 0.497 e. The summed E-state index contributed by atoms with van der Waals surface area (Å²) in [7, 11) is 1.65. The number of pyridine rings is 1. The average molecular weight is 298 g/mol. The summed E-state index contributed by atoms with van der Waals surface area (Å²) in [4.78, 5) is 15.9. The number of nitrogens with one attached hydrogen (secondary N) is 1. The Morgan fingerprint density at radius 2 is 2.05 bits per heavy atom. The predicted octanol–water partition coefficient (Wildman–Crippen LogP) is 2.77. The molecule has 0 aliphatic heterocycles. The number of amides is 1. The van der Waals surface area contributed by atoms with Crippen molar-refractivity contribution in [2.75, 3.05) is 13.7 Å². The van der Waals surface area contributed by atoms with Gasteiger partial charge in [0.2, 0.25) is 5.91 Å². The van der Waals surface area contributed by atoms with Crippen molar-refractivity contribution < 1.29 is 9.53 Å². The number of benzene rings is 1. The number of hydrogen-bond acceptors (Lipinski definition) is 3. The maximum atomic E-state index is 11.8. The van der Waals surface area contributed by atoms with E-state index in [9.17, 15) is 4.79 Å². The van der Waals surface area contributed by atoms with Gasteiger partial charge in [0.05, 0.1) is 7.11 Å². The van der Waals surface area contributed by atoms with Crippen LogP contribution in [0.3, 0.4) is 0 Å². The molecule has 0 saturated heterocycles. The van der Waals surface area contributed by atoms with Gasteiger partial charge in [-0.15, -0.1) is 0 Å². The fourth-order valence-electron chi connectivity index (χ4n) is 2.24. The molecule has 1 aromatic carbocycles. The summed E-state index contributed by atoms with van der Waals surface area (Å²) in [5.41, 5.74) is 2.32. The van der Waals surface area contributed by atoms with E-state index in [-0.39, 0.29) is 5.91 Å². The van der Waals surface area contributed by atoms with E-state index in [1.54, 1.807) is 13.3 Å². The molecule has 0 bridgehead atoms. The zero-order valence-electron chi connectivity index (χ0n) is 12.9. The van der Waals surface area contributed by atoms with Gasteiger partial charge in [0.25, 0.3) is 0 Å². The molecular formula is C18H22N2O2. The molecule has 0 fully saturated rings. The number of rotatable bonds is 8. The first-order chi connectivity index (χ1) is 10.8. The lowest BCUT2D eigenvalue weighted by molar-refractivity contribution is -0.121. The molecule has 4 nitrogen and oxygen atoms in total. The highest BCUT2D eigenvalue weighted by Crippen LogP contribution is 2.13. The lowest BCUT2D eigenvalue weighted by atomic mass is 10.1. The van der Waals surface area contributed by atoms with Crippen LogP contribution in [0, 0.1) is 0 Å². The number of carbonyl (C=O) groups is 1. The second kappa shape index (κ2) is 8.82. The van der Waals surface area contributed by atoms with Crippen LogP contribution in [0.5, 0.6) is 5.75 Å². The summed E-state index contributed by atoms with van der Waals surface area (Å²) >= 11 is 0. The van der Waals surface area contributed by atoms with E-state index in [0.717, 1.165) is 30.6 Å². The molecule has 1 amide bonds. The van der Waals surface area contributed by atoms with Gasteiger partial charge in [-0.3, -0.25) is 9.78 Å². The summed E-state index contributed by atoms with van der Waals surface area (Å²) in [5.74, 6) is 0.920. The Morgan fingerprint density at radius 3 is 2.82 bits per heavy atom. The molecule has 0 atom stereocenters. The molecule has 22 heavy (non-hydrogen) atoms. The summed E-state index contributed by atoms with van der Waals surface area (Å²) in [6, 6.07) is 11.8. The van der Waals surface area contributed by atoms with Crippen molar-refractivity contribution in [1.82, 2.24) is 10.3 Å². The predicted molar refractivity (Wildman–Crippen MR) is 86.9 cm³/mol. The first-order valence-electron chi connectivity index (χ1n) is 7.56. The molecule has 0 radical (unpaired) electrons. The normalized spacial score (nSPS) is 10.2. The molecule has 1 aromatic heterocycles. The van der Waals surface area contributed by atoms with Gasteiger partial charge >= 0.3 is 0 Å². The number of hydrogen-bond donors (Lipinski definition) is 1. The molecule has 0 aliphatic carbocycles. The summed E-state index contributed by atoms with van der Waals surface area (Å²) in [6.07, 6.45) is 6.72. The van der Waals surface area contributed by atoms with Crippen molar-refractivity contribution in [3.63, 3.8) is 0 Å². The molecule has 2 rings (SSSR count). The van der Waals surface area contributed by atoms with E-state index in [0.29, 0.717) is 13.0 Å². The number of methoxy groups -OCH3 is 1. The minimum Gasteiger partial charge on any atom is -0.497 e. The van der Waals surface area contributed by atoms with Gasteiger partial charge in [-0.2, -0.15) is 0 Å². The Labute approximate surface area is 131 Å². The van der Waals surface area contributed by atoms with E-state index in [4.69, 9.17) is 4.74 Å². The highest BCUT2D eigenvalue weighted by atomic mass is 16.5. The minimum absolute atomic E-state index is 0.0917. The molecule has 0 aliphatic rings. The van der Waals surface area contributed by atoms with Crippen molar-refractivity contribution in [3.05, 3.63) is 59.9 Å². The van der Waals surface area contributed by atoms with Gasteiger partial charge in [-0.1, -0.05) is 18.2 Å². The molecule has 0 unspecified atom stereocenters. The van der Waals surface area contributed by atoms with Crippen molar-refractivity contribution in [3.8, 4) is 5.75 Å². The molecule has 2 aromatic rings. The van der Waals surface area contributed by atoms with Gasteiger partial charge < -0.3 is 10.1 Å². The van der Waals surface area contributed by atoms with Crippen molar-refractivity contribution in [2.24, 2.45) is 0 Å². The van der Waals surface area contributed by atoms with Gasteiger partial charge in [0.15, 0.2) is 0 Å². The maximum Gasteiger partial charge on any atom is 0.220 e. The number of carbonyl (C=O) groups excluding carboxylic acids is 1. The third kappa shape index (κ3) is 5.56. The topological polar surface area (TPSA) is 51.2 Å². The van der Waals surface area contributed by atoms with Crippen LogP contribution >= 0.6 is 0 Å². The molecule has 0 saturated carbocycles. The van der Waals surface area contributed by atoms with Crippen molar-refractivity contribution in [2.45, 2.75) is 25.7 Å². The Balaban J connectivity index is 1.63. The van der Waals surface area contributed by atoms with E-state index in [2.05, 4.69) is 16.4 Å². The van der Waals surface area contributed by atoms with Crippen LogP contribution in [-0.4, -0.2) is 24.5 Å². The van der Waals surface area contributed by atoms with E-state index < -0.39 is 0 Å². The van der Waals surface area contributed by atoms with Crippen LogP contribution in [0.2, 0.25) is 0 Å². The molecule has 116 valence electrons. The smallest absolute Gasteiger partial charge is 0.220 e. The van der Waals surface area contributed by atoms with Crippen LogP contribution in [0.25, 0.3) is 0 Å². The average Bonchev–Trinajstić information content (AvgIpc) is 2.58.